The van der Waals surface area contributed by atoms with Crippen molar-refractivity contribution in [3.8, 4) is 0 Å². The number of aromatic nitrogens is 2. The van der Waals surface area contributed by atoms with Crippen LogP contribution in [-0.4, -0.2) is 21.7 Å². The predicted molar refractivity (Wildman–Crippen MR) is 55.5 cm³/mol. The third-order valence-electron chi connectivity index (χ3n) is 3.05. The third kappa shape index (κ3) is 1.69. The van der Waals surface area contributed by atoms with Gasteiger partial charge in [-0.15, -0.1) is 0 Å². The number of aryl methyl sites for hydroxylation is 2. The van der Waals surface area contributed by atoms with E-state index in [1.165, 1.54) is 0 Å². The molecular formula is C11H16N2O2. The van der Waals surface area contributed by atoms with Crippen LogP contribution >= 0.6 is 0 Å². The highest BCUT2D eigenvalue weighted by Crippen LogP contribution is 2.38. The van der Waals surface area contributed by atoms with E-state index >= 15 is 0 Å². The molecule has 1 fully saturated rings. The Labute approximate surface area is 89.2 Å². The predicted octanol–water partition coefficient (Wildman–Crippen LogP) is 1.54. The monoisotopic (exact) mass is 208 g/mol. The first-order valence-corrected chi connectivity index (χ1v) is 5.18. The largest absolute Gasteiger partial charge is 0.358 e. The quantitative estimate of drug-likeness (QED) is 0.692. The minimum absolute atomic E-state index is 0.00713. The van der Waals surface area contributed by atoms with Gasteiger partial charge in [0, 0.05) is 7.05 Å². The molecule has 1 aliphatic rings. The van der Waals surface area contributed by atoms with Crippen LogP contribution in [0.5, 0.6) is 0 Å². The molecular weight excluding hydrogens is 192 g/mol. The van der Waals surface area contributed by atoms with Gasteiger partial charge in [0.05, 0.1) is 11.9 Å². The summed E-state index contributed by atoms with van der Waals surface area (Å²) in [6.07, 6.45) is 4.41. The Hall–Kier alpha value is -1.16. The van der Waals surface area contributed by atoms with E-state index in [0.717, 1.165) is 30.4 Å². The average molecular weight is 208 g/mol. The van der Waals surface area contributed by atoms with E-state index in [9.17, 15) is 4.79 Å². The van der Waals surface area contributed by atoms with E-state index in [4.69, 9.17) is 4.74 Å². The number of carbonyl (C=O) groups is 1. The molecule has 1 saturated heterocycles. The SMILES string of the molecule is Cc1cnn(C)c1C1CCC(C)(C=O)O1. The molecule has 0 bridgehead atoms. The summed E-state index contributed by atoms with van der Waals surface area (Å²) >= 11 is 0. The maximum absolute atomic E-state index is 10.9. The van der Waals surface area contributed by atoms with Gasteiger partial charge < -0.3 is 9.53 Å². The highest BCUT2D eigenvalue weighted by molar-refractivity contribution is 5.62. The van der Waals surface area contributed by atoms with Gasteiger partial charge in [-0.3, -0.25) is 4.68 Å². The van der Waals surface area contributed by atoms with Gasteiger partial charge in [0.15, 0.2) is 6.29 Å². The summed E-state index contributed by atoms with van der Waals surface area (Å²) in [5.74, 6) is 0. The molecule has 2 rings (SSSR count). The number of aldehydes is 1. The smallest absolute Gasteiger partial charge is 0.151 e. The number of hydrogen-bond acceptors (Lipinski definition) is 3. The van der Waals surface area contributed by atoms with E-state index in [1.807, 2.05) is 31.8 Å². The fraction of sp³-hybridized carbons (Fsp3) is 0.636. The van der Waals surface area contributed by atoms with E-state index in [2.05, 4.69) is 5.10 Å². The summed E-state index contributed by atoms with van der Waals surface area (Å²) in [5.41, 5.74) is 1.60. The molecule has 0 aliphatic carbocycles. The lowest BCUT2D eigenvalue weighted by atomic mass is 10.0. The Morgan fingerprint density at radius 1 is 1.73 bits per heavy atom. The summed E-state index contributed by atoms with van der Waals surface area (Å²) < 4.78 is 7.61. The molecule has 0 spiro atoms. The normalized spacial score (nSPS) is 30.7. The molecule has 4 nitrogen and oxygen atoms in total. The van der Waals surface area contributed by atoms with E-state index in [0.29, 0.717) is 0 Å². The van der Waals surface area contributed by atoms with Crippen LogP contribution in [0.25, 0.3) is 0 Å². The fourth-order valence-electron chi connectivity index (χ4n) is 2.16. The van der Waals surface area contributed by atoms with Gasteiger partial charge in [0.2, 0.25) is 0 Å². The van der Waals surface area contributed by atoms with Crippen molar-refractivity contribution >= 4 is 6.29 Å². The maximum atomic E-state index is 10.9. The minimum Gasteiger partial charge on any atom is -0.358 e. The second-order valence-electron chi connectivity index (χ2n) is 4.41. The Morgan fingerprint density at radius 2 is 2.47 bits per heavy atom. The number of carbonyl (C=O) groups excluding carboxylic acids is 1. The van der Waals surface area contributed by atoms with Gasteiger partial charge in [-0.2, -0.15) is 5.10 Å². The van der Waals surface area contributed by atoms with Crippen molar-refractivity contribution in [2.45, 2.75) is 38.4 Å². The number of rotatable bonds is 2. The van der Waals surface area contributed by atoms with Crippen LogP contribution < -0.4 is 0 Å². The Bertz CT molecular complexity index is 366. The Balaban J connectivity index is 2.25. The minimum atomic E-state index is -0.610. The highest BCUT2D eigenvalue weighted by Gasteiger charge is 2.38. The van der Waals surface area contributed by atoms with E-state index in [1.54, 1.807) is 0 Å². The topological polar surface area (TPSA) is 44.1 Å². The zero-order chi connectivity index (χ0) is 11.1. The van der Waals surface area contributed by atoms with Crippen LogP contribution in [0.2, 0.25) is 0 Å². The zero-order valence-electron chi connectivity index (χ0n) is 9.36. The van der Waals surface area contributed by atoms with Gasteiger partial charge in [0.25, 0.3) is 0 Å². The summed E-state index contributed by atoms with van der Waals surface area (Å²) in [4.78, 5) is 10.9. The molecule has 2 unspecified atom stereocenters. The van der Waals surface area contributed by atoms with Gasteiger partial charge in [-0.25, -0.2) is 0 Å². The standard InChI is InChI=1S/C11H16N2O2/c1-8-6-12-13(3)10(8)9-4-5-11(2,7-14)15-9/h6-7,9H,4-5H2,1-3H3. The number of ether oxygens (including phenoxy) is 1. The van der Waals surface area contributed by atoms with Gasteiger partial charge in [0.1, 0.15) is 11.7 Å². The van der Waals surface area contributed by atoms with Crippen LogP contribution in [0.1, 0.15) is 37.1 Å². The molecule has 2 atom stereocenters. The van der Waals surface area contributed by atoms with Crippen molar-refractivity contribution in [1.29, 1.82) is 0 Å². The van der Waals surface area contributed by atoms with Gasteiger partial charge >= 0.3 is 0 Å². The summed E-state index contributed by atoms with van der Waals surface area (Å²) in [7, 11) is 1.91. The van der Waals surface area contributed by atoms with E-state index < -0.39 is 5.60 Å². The molecule has 1 aromatic heterocycles. The molecule has 0 radical (unpaired) electrons. The van der Waals surface area contributed by atoms with Crippen molar-refractivity contribution < 1.29 is 9.53 Å². The zero-order valence-corrected chi connectivity index (χ0v) is 9.36. The molecule has 2 heterocycles. The lowest BCUT2D eigenvalue weighted by molar-refractivity contribution is -0.128. The van der Waals surface area contributed by atoms with Crippen LogP contribution in [0.15, 0.2) is 6.20 Å². The van der Waals surface area contributed by atoms with Crippen molar-refractivity contribution in [1.82, 2.24) is 9.78 Å². The average Bonchev–Trinajstić information content (AvgIpc) is 2.72. The molecule has 0 saturated carbocycles. The van der Waals surface area contributed by atoms with Gasteiger partial charge in [-0.1, -0.05) is 0 Å². The molecule has 0 aromatic carbocycles. The fourth-order valence-corrected chi connectivity index (χ4v) is 2.16. The molecule has 82 valence electrons. The summed E-state index contributed by atoms with van der Waals surface area (Å²) in [6.45, 7) is 3.86. The first-order chi connectivity index (χ1) is 7.06. The van der Waals surface area contributed by atoms with Crippen molar-refractivity contribution in [3.63, 3.8) is 0 Å². The first-order valence-electron chi connectivity index (χ1n) is 5.18. The Kier molecular flexibility index (Phi) is 2.38. The Morgan fingerprint density at radius 3 is 2.93 bits per heavy atom. The molecule has 0 amide bonds. The van der Waals surface area contributed by atoms with Crippen molar-refractivity contribution in [2.75, 3.05) is 0 Å². The third-order valence-corrected chi connectivity index (χ3v) is 3.05. The second-order valence-corrected chi connectivity index (χ2v) is 4.41. The van der Waals surface area contributed by atoms with Crippen LogP contribution in [0.4, 0.5) is 0 Å². The van der Waals surface area contributed by atoms with Crippen molar-refractivity contribution in [3.05, 3.63) is 17.5 Å². The summed E-state index contributed by atoms with van der Waals surface area (Å²) in [6, 6.07) is 0. The van der Waals surface area contributed by atoms with Crippen LogP contribution in [0, 0.1) is 6.92 Å². The lowest BCUT2D eigenvalue weighted by Crippen LogP contribution is -2.25. The molecule has 1 aromatic rings. The van der Waals surface area contributed by atoms with Crippen LogP contribution in [-0.2, 0) is 16.6 Å². The summed E-state index contributed by atoms with van der Waals surface area (Å²) in [5, 5.41) is 4.18. The molecule has 1 aliphatic heterocycles. The highest BCUT2D eigenvalue weighted by atomic mass is 16.5. The van der Waals surface area contributed by atoms with Crippen LogP contribution in [0.3, 0.4) is 0 Å². The molecule has 15 heavy (non-hydrogen) atoms. The van der Waals surface area contributed by atoms with E-state index in [-0.39, 0.29) is 6.10 Å². The number of nitrogens with zero attached hydrogens (tertiary/aromatic N) is 2. The van der Waals surface area contributed by atoms with Crippen molar-refractivity contribution in [2.24, 2.45) is 7.05 Å². The van der Waals surface area contributed by atoms with Gasteiger partial charge in [-0.05, 0) is 32.3 Å². The molecule has 4 heteroatoms. The maximum Gasteiger partial charge on any atom is 0.151 e. The molecule has 0 N–H and O–H groups in total. The number of hydrogen-bond donors (Lipinski definition) is 0. The lowest BCUT2D eigenvalue weighted by Gasteiger charge is -2.18. The second kappa shape index (κ2) is 3.45. The first kappa shape index (κ1) is 10.4.